The van der Waals surface area contributed by atoms with Crippen LogP contribution in [-0.2, 0) is 16.1 Å². The molecule has 160 valence electrons. The Morgan fingerprint density at radius 3 is 2.34 bits per heavy atom. The Hall–Kier alpha value is -3.97. The molecule has 3 aromatic carbocycles. The van der Waals surface area contributed by atoms with Crippen LogP contribution >= 0.6 is 11.3 Å². The lowest BCUT2D eigenvalue weighted by molar-refractivity contribution is -0.119. The lowest BCUT2D eigenvalue weighted by Crippen LogP contribution is -2.21. The fraction of sp³-hybridized carbons (Fsp3) is 0.0800. The Kier molecular flexibility index (Phi) is 6.89. The first-order valence-electron chi connectivity index (χ1n) is 10.0. The second kappa shape index (κ2) is 10.4. The van der Waals surface area contributed by atoms with E-state index in [1.807, 2.05) is 84.9 Å². The maximum Gasteiger partial charge on any atom is 0.358 e. The van der Waals surface area contributed by atoms with E-state index in [4.69, 9.17) is 4.74 Å². The van der Waals surface area contributed by atoms with Gasteiger partial charge >= 0.3 is 5.97 Å². The molecule has 0 spiro atoms. The molecule has 0 aliphatic heterocycles. The van der Waals surface area contributed by atoms with Crippen molar-refractivity contribution in [3.05, 3.63) is 102 Å². The molecule has 0 saturated heterocycles. The third-order valence-corrected chi connectivity index (χ3v) is 5.42. The van der Waals surface area contributed by atoms with Crippen molar-refractivity contribution in [1.29, 1.82) is 0 Å². The summed E-state index contributed by atoms with van der Waals surface area (Å²) in [5.74, 6) is -1.06. The molecule has 7 heteroatoms. The van der Waals surface area contributed by atoms with Crippen molar-refractivity contribution in [2.75, 3.05) is 17.2 Å². The van der Waals surface area contributed by atoms with Gasteiger partial charge in [0.2, 0.25) is 0 Å². The van der Waals surface area contributed by atoms with E-state index in [-0.39, 0.29) is 5.69 Å². The van der Waals surface area contributed by atoms with Crippen molar-refractivity contribution in [3.8, 4) is 11.1 Å². The largest absolute Gasteiger partial charge is 0.451 e. The predicted molar refractivity (Wildman–Crippen MR) is 127 cm³/mol. The fourth-order valence-corrected chi connectivity index (χ4v) is 3.75. The molecule has 0 fully saturated rings. The van der Waals surface area contributed by atoms with E-state index in [1.165, 1.54) is 11.3 Å². The highest BCUT2D eigenvalue weighted by molar-refractivity contribution is 7.13. The van der Waals surface area contributed by atoms with E-state index in [9.17, 15) is 9.59 Å². The van der Waals surface area contributed by atoms with Crippen LogP contribution in [0.3, 0.4) is 0 Å². The standard InChI is InChI=1S/C25H21N3O3S/c29-23(27-21-14-8-7-13-20(21)19-11-5-2-6-12-19)16-31-24(30)22-17-32-25(28-22)26-15-18-9-3-1-4-10-18/h1-14,17H,15-16H2,(H,26,28)(H,27,29). The average molecular weight is 444 g/mol. The minimum atomic E-state index is -0.638. The molecule has 4 aromatic rings. The van der Waals surface area contributed by atoms with Gasteiger partial charge in [-0.25, -0.2) is 9.78 Å². The molecule has 32 heavy (non-hydrogen) atoms. The molecule has 0 saturated carbocycles. The number of amides is 1. The van der Waals surface area contributed by atoms with Gasteiger partial charge in [0.05, 0.1) is 0 Å². The number of carbonyl (C=O) groups is 2. The van der Waals surface area contributed by atoms with E-state index >= 15 is 0 Å². The maximum absolute atomic E-state index is 12.4. The molecule has 0 bridgehead atoms. The monoisotopic (exact) mass is 443 g/mol. The number of ether oxygens (including phenoxy) is 1. The van der Waals surface area contributed by atoms with Crippen LogP contribution in [0.15, 0.2) is 90.3 Å². The summed E-state index contributed by atoms with van der Waals surface area (Å²) >= 11 is 1.31. The number of para-hydroxylation sites is 1. The molecule has 4 rings (SSSR count). The van der Waals surface area contributed by atoms with Crippen LogP contribution < -0.4 is 10.6 Å². The summed E-state index contributed by atoms with van der Waals surface area (Å²) in [6.07, 6.45) is 0. The smallest absolute Gasteiger partial charge is 0.358 e. The molecule has 1 amide bonds. The van der Waals surface area contributed by atoms with E-state index in [1.54, 1.807) is 5.38 Å². The van der Waals surface area contributed by atoms with Gasteiger partial charge in [-0.3, -0.25) is 4.79 Å². The first-order valence-corrected chi connectivity index (χ1v) is 10.9. The van der Waals surface area contributed by atoms with Gasteiger partial charge in [0.25, 0.3) is 5.91 Å². The van der Waals surface area contributed by atoms with Crippen molar-refractivity contribution in [2.45, 2.75) is 6.54 Å². The number of hydrogen-bond acceptors (Lipinski definition) is 6. The topological polar surface area (TPSA) is 80.3 Å². The minimum absolute atomic E-state index is 0.169. The maximum atomic E-state index is 12.4. The number of thiazole rings is 1. The van der Waals surface area contributed by atoms with Crippen molar-refractivity contribution >= 4 is 34.0 Å². The van der Waals surface area contributed by atoms with Gasteiger partial charge in [-0.1, -0.05) is 78.9 Å². The average Bonchev–Trinajstić information content (AvgIpc) is 3.32. The summed E-state index contributed by atoms with van der Waals surface area (Å²) in [5, 5.41) is 8.21. The molecule has 2 N–H and O–H groups in total. The van der Waals surface area contributed by atoms with Crippen molar-refractivity contribution in [3.63, 3.8) is 0 Å². The SMILES string of the molecule is O=C(COC(=O)c1csc(NCc2ccccc2)n1)Nc1ccccc1-c1ccccc1. The second-order valence-electron chi connectivity index (χ2n) is 6.91. The Bertz CT molecular complexity index is 1190. The van der Waals surface area contributed by atoms with Crippen LogP contribution in [0.1, 0.15) is 16.1 Å². The Labute approximate surface area is 189 Å². The number of nitrogens with one attached hydrogen (secondary N) is 2. The zero-order valence-electron chi connectivity index (χ0n) is 17.2. The van der Waals surface area contributed by atoms with Gasteiger partial charge in [0.1, 0.15) is 0 Å². The molecule has 6 nitrogen and oxygen atoms in total. The van der Waals surface area contributed by atoms with Gasteiger partial charge in [0, 0.05) is 23.2 Å². The van der Waals surface area contributed by atoms with Gasteiger partial charge in [-0.2, -0.15) is 0 Å². The third-order valence-electron chi connectivity index (χ3n) is 4.62. The number of hydrogen-bond donors (Lipinski definition) is 2. The summed E-state index contributed by atoms with van der Waals surface area (Å²) in [5.41, 5.74) is 3.81. The molecule has 1 aromatic heterocycles. The van der Waals surface area contributed by atoms with Crippen molar-refractivity contribution in [1.82, 2.24) is 4.98 Å². The summed E-state index contributed by atoms with van der Waals surface area (Å²) in [6, 6.07) is 27.1. The van der Waals surface area contributed by atoms with Crippen LogP contribution in [0.5, 0.6) is 0 Å². The lowest BCUT2D eigenvalue weighted by atomic mass is 10.0. The van der Waals surface area contributed by atoms with Crippen LogP contribution in [0, 0.1) is 0 Å². The zero-order valence-corrected chi connectivity index (χ0v) is 18.0. The highest BCUT2D eigenvalue weighted by Crippen LogP contribution is 2.27. The van der Waals surface area contributed by atoms with Gasteiger partial charge in [-0.15, -0.1) is 11.3 Å². The summed E-state index contributed by atoms with van der Waals surface area (Å²) in [6.45, 7) is 0.207. The Morgan fingerprint density at radius 1 is 0.875 bits per heavy atom. The fourth-order valence-electron chi connectivity index (χ4n) is 3.08. The number of benzene rings is 3. The molecule has 0 aliphatic carbocycles. The highest BCUT2D eigenvalue weighted by atomic mass is 32.1. The highest BCUT2D eigenvalue weighted by Gasteiger charge is 2.15. The number of aromatic nitrogens is 1. The normalized spacial score (nSPS) is 10.4. The Morgan fingerprint density at radius 2 is 1.56 bits per heavy atom. The van der Waals surface area contributed by atoms with Gasteiger partial charge < -0.3 is 15.4 Å². The van der Waals surface area contributed by atoms with E-state index < -0.39 is 18.5 Å². The summed E-state index contributed by atoms with van der Waals surface area (Å²) in [4.78, 5) is 28.9. The molecule has 0 unspecified atom stereocenters. The number of esters is 1. The number of carbonyl (C=O) groups excluding carboxylic acids is 2. The predicted octanol–water partition coefficient (Wildman–Crippen LogP) is 5.22. The third kappa shape index (κ3) is 5.59. The van der Waals surface area contributed by atoms with Gasteiger partial charge in [-0.05, 0) is 17.2 Å². The first-order chi connectivity index (χ1) is 15.7. The summed E-state index contributed by atoms with van der Waals surface area (Å²) in [7, 11) is 0. The first kappa shape index (κ1) is 21.3. The van der Waals surface area contributed by atoms with Crippen molar-refractivity contribution < 1.29 is 14.3 Å². The number of anilines is 2. The van der Waals surface area contributed by atoms with E-state index in [0.717, 1.165) is 16.7 Å². The second-order valence-corrected chi connectivity index (χ2v) is 7.77. The van der Waals surface area contributed by atoms with Crippen molar-refractivity contribution in [2.24, 2.45) is 0 Å². The number of nitrogens with zero attached hydrogens (tertiary/aromatic N) is 1. The molecule has 0 aliphatic rings. The van der Waals surface area contributed by atoms with Crippen LogP contribution in [-0.4, -0.2) is 23.5 Å². The molecule has 0 radical (unpaired) electrons. The molecular formula is C25H21N3O3S. The van der Waals surface area contributed by atoms with Gasteiger partial charge in [0.15, 0.2) is 17.4 Å². The Balaban J connectivity index is 1.30. The minimum Gasteiger partial charge on any atom is -0.451 e. The van der Waals surface area contributed by atoms with E-state index in [0.29, 0.717) is 17.4 Å². The molecule has 1 heterocycles. The van der Waals surface area contributed by atoms with E-state index in [2.05, 4.69) is 15.6 Å². The molecular weight excluding hydrogens is 422 g/mol. The van der Waals surface area contributed by atoms with Crippen LogP contribution in [0.25, 0.3) is 11.1 Å². The quantitative estimate of drug-likeness (QED) is 0.365. The van der Waals surface area contributed by atoms with Crippen LogP contribution in [0.2, 0.25) is 0 Å². The van der Waals surface area contributed by atoms with Crippen LogP contribution in [0.4, 0.5) is 10.8 Å². The lowest BCUT2D eigenvalue weighted by Gasteiger charge is -2.11. The zero-order chi connectivity index (χ0) is 22.2. The summed E-state index contributed by atoms with van der Waals surface area (Å²) < 4.78 is 5.15. The number of rotatable bonds is 8. The molecule has 0 atom stereocenters.